The lowest BCUT2D eigenvalue weighted by Crippen LogP contribution is -2.38. The Hall–Kier alpha value is -1.14. The molecular weight excluding hydrogens is 272 g/mol. The van der Waals surface area contributed by atoms with E-state index < -0.39 is 23.6 Å². The van der Waals surface area contributed by atoms with Crippen molar-refractivity contribution in [3.05, 3.63) is 29.8 Å². The van der Waals surface area contributed by atoms with Gasteiger partial charge in [-0.25, -0.2) is 8.78 Å². The summed E-state index contributed by atoms with van der Waals surface area (Å²) >= 11 is 1.14. The van der Waals surface area contributed by atoms with Gasteiger partial charge >= 0.3 is 5.97 Å². The summed E-state index contributed by atoms with van der Waals surface area (Å²) in [6.07, 6.45) is 2.40. The van der Waals surface area contributed by atoms with Crippen molar-refractivity contribution in [2.75, 3.05) is 5.75 Å². The highest BCUT2D eigenvalue weighted by Crippen LogP contribution is 2.25. The number of carbonyl (C=O) groups is 1. The van der Waals surface area contributed by atoms with Crippen LogP contribution in [0, 0.1) is 11.6 Å². The number of aliphatic carboxylic acids is 1. The average molecular weight is 287 g/mol. The third-order valence-corrected chi connectivity index (χ3v) is 3.93. The smallest absolute Gasteiger partial charge is 0.320 e. The maximum absolute atomic E-state index is 13.4. The Kier molecular flexibility index (Phi) is 4.76. The fourth-order valence-corrected chi connectivity index (χ4v) is 2.66. The number of benzene rings is 1. The van der Waals surface area contributed by atoms with E-state index in [2.05, 4.69) is 5.32 Å². The molecule has 1 aromatic carbocycles. The molecular formula is C13H15F2NO2S. The molecule has 0 spiro atoms. The van der Waals surface area contributed by atoms with E-state index in [1.807, 2.05) is 0 Å². The first-order valence-electron chi connectivity index (χ1n) is 6.13. The monoisotopic (exact) mass is 287 g/mol. The van der Waals surface area contributed by atoms with Crippen molar-refractivity contribution >= 4 is 17.7 Å². The maximum atomic E-state index is 13.4. The van der Waals surface area contributed by atoms with Gasteiger partial charge in [0.2, 0.25) is 0 Å². The van der Waals surface area contributed by atoms with Gasteiger partial charge in [-0.05, 0) is 37.5 Å². The molecule has 1 aromatic rings. The Morgan fingerprint density at radius 2 is 2.21 bits per heavy atom. The molecule has 1 saturated carbocycles. The first kappa shape index (κ1) is 14.3. The predicted octanol–water partition coefficient (Wildman–Crippen LogP) is 2.65. The van der Waals surface area contributed by atoms with Crippen LogP contribution in [0.5, 0.6) is 0 Å². The van der Waals surface area contributed by atoms with Gasteiger partial charge < -0.3 is 10.4 Å². The van der Waals surface area contributed by atoms with Gasteiger partial charge in [-0.3, -0.25) is 4.79 Å². The van der Waals surface area contributed by atoms with Crippen LogP contribution in [0.3, 0.4) is 0 Å². The Morgan fingerprint density at radius 3 is 2.84 bits per heavy atom. The third kappa shape index (κ3) is 4.47. The molecule has 6 heteroatoms. The van der Waals surface area contributed by atoms with Gasteiger partial charge in [-0.2, -0.15) is 0 Å². The minimum absolute atomic E-state index is 0.218. The average Bonchev–Trinajstić information content (AvgIpc) is 3.16. The van der Waals surface area contributed by atoms with Crippen molar-refractivity contribution in [2.45, 2.75) is 36.2 Å². The van der Waals surface area contributed by atoms with Crippen LogP contribution >= 0.6 is 11.8 Å². The minimum atomic E-state index is -0.896. The molecule has 0 aliphatic heterocycles. The van der Waals surface area contributed by atoms with Crippen LogP contribution < -0.4 is 5.32 Å². The van der Waals surface area contributed by atoms with E-state index in [0.717, 1.165) is 42.8 Å². The normalized spacial score (nSPS) is 16.3. The van der Waals surface area contributed by atoms with Crippen LogP contribution in [0.1, 0.15) is 19.3 Å². The summed E-state index contributed by atoms with van der Waals surface area (Å²) in [7, 11) is 0. The fraction of sp³-hybridized carbons (Fsp3) is 0.462. The molecule has 3 nitrogen and oxygen atoms in total. The second-order valence-electron chi connectivity index (χ2n) is 4.54. The van der Waals surface area contributed by atoms with Crippen LogP contribution in [0.25, 0.3) is 0 Å². The summed E-state index contributed by atoms with van der Waals surface area (Å²) in [5, 5.41) is 12.1. The van der Waals surface area contributed by atoms with Crippen molar-refractivity contribution in [3.8, 4) is 0 Å². The SMILES string of the molecule is O=C(O)C(CCSc1cc(F)ccc1F)NC1CC1. The lowest BCUT2D eigenvalue weighted by Gasteiger charge is -2.13. The number of rotatable bonds is 7. The van der Waals surface area contributed by atoms with E-state index >= 15 is 0 Å². The summed E-state index contributed by atoms with van der Waals surface area (Å²) < 4.78 is 26.3. The Morgan fingerprint density at radius 1 is 1.47 bits per heavy atom. The van der Waals surface area contributed by atoms with Crippen molar-refractivity contribution in [1.82, 2.24) is 5.32 Å². The molecule has 0 radical (unpaired) electrons. The zero-order valence-electron chi connectivity index (χ0n) is 10.2. The summed E-state index contributed by atoms with van der Waals surface area (Å²) in [6.45, 7) is 0. The predicted molar refractivity (Wildman–Crippen MR) is 69.3 cm³/mol. The topological polar surface area (TPSA) is 49.3 Å². The molecule has 0 aromatic heterocycles. The van der Waals surface area contributed by atoms with Crippen LogP contribution in [0.2, 0.25) is 0 Å². The van der Waals surface area contributed by atoms with E-state index in [1.54, 1.807) is 0 Å². The number of halogens is 2. The van der Waals surface area contributed by atoms with E-state index in [-0.39, 0.29) is 4.90 Å². The molecule has 1 unspecified atom stereocenters. The Labute approximate surface area is 114 Å². The highest BCUT2D eigenvalue weighted by atomic mass is 32.2. The molecule has 2 rings (SSSR count). The number of hydrogen-bond acceptors (Lipinski definition) is 3. The summed E-state index contributed by atoms with van der Waals surface area (Å²) in [5.41, 5.74) is 0. The lowest BCUT2D eigenvalue weighted by atomic mass is 10.2. The van der Waals surface area contributed by atoms with Gasteiger partial charge in [0.1, 0.15) is 17.7 Å². The number of hydrogen-bond donors (Lipinski definition) is 2. The molecule has 0 saturated heterocycles. The summed E-state index contributed by atoms with van der Waals surface area (Å²) in [5.74, 6) is -1.44. The molecule has 0 heterocycles. The van der Waals surface area contributed by atoms with E-state index in [9.17, 15) is 13.6 Å². The highest BCUT2D eigenvalue weighted by molar-refractivity contribution is 7.99. The van der Waals surface area contributed by atoms with E-state index in [1.165, 1.54) is 0 Å². The lowest BCUT2D eigenvalue weighted by molar-refractivity contribution is -0.139. The van der Waals surface area contributed by atoms with Crippen molar-refractivity contribution in [1.29, 1.82) is 0 Å². The molecule has 19 heavy (non-hydrogen) atoms. The highest BCUT2D eigenvalue weighted by Gasteiger charge is 2.27. The molecule has 2 N–H and O–H groups in total. The zero-order valence-corrected chi connectivity index (χ0v) is 11.1. The fourth-order valence-electron chi connectivity index (χ4n) is 1.69. The Bertz CT molecular complexity index is 466. The summed E-state index contributed by atoms with van der Waals surface area (Å²) in [4.78, 5) is 11.2. The van der Waals surface area contributed by atoms with E-state index in [4.69, 9.17) is 5.11 Å². The second kappa shape index (κ2) is 6.34. The molecule has 104 valence electrons. The summed E-state index contributed by atoms with van der Waals surface area (Å²) in [6, 6.07) is 2.96. The number of nitrogens with one attached hydrogen (secondary N) is 1. The zero-order chi connectivity index (χ0) is 13.8. The molecule has 0 bridgehead atoms. The maximum Gasteiger partial charge on any atom is 0.320 e. The quantitative estimate of drug-likeness (QED) is 0.757. The number of carboxylic acids is 1. The van der Waals surface area contributed by atoms with Crippen LogP contribution in [-0.4, -0.2) is 28.9 Å². The first-order valence-corrected chi connectivity index (χ1v) is 7.11. The van der Waals surface area contributed by atoms with Crippen LogP contribution in [0.15, 0.2) is 23.1 Å². The minimum Gasteiger partial charge on any atom is -0.480 e. The van der Waals surface area contributed by atoms with Crippen LogP contribution in [-0.2, 0) is 4.79 Å². The molecule has 0 amide bonds. The van der Waals surface area contributed by atoms with Crippen molar-refractivity contribution in [2.24, 2.45) is 0 Å². The van der Waals surface area contributed by atoms with E-state index in [0.29, 0.717) is 18.2 Å². The van der Waals surface area contributed by atoms with Gasteiger partial charge in [-0.1, -0.05) is 0 Å². The molecule has 1 fully saturated rings. The second-order valence-corrected chi connectivity index (χ2v) is 5.68. The molecule has 1 aliphatic carbocycles. The van der Waals surface area contributed by atoms with Gasteiger partial charge in [-0.15, -0.1) is 11.8 Å². The van der Waals surface area contributed by atoms with Crippen molar-refractivity contribution in [3.63, 3.8) is 0 Å². The van der Waals surface area contributed by atoms with Gasteiger partial charge in [0.05, 0.1) is 0 Å². The number of thioether (sulfide) groups is 1. The molecule has 1 aliphatic rings. The van der Waals surface area contributed by atoms with Crippen LogP contribution in [0.4, 0.5) is 8.78 Å². The number of carboxylic acid groups (broad SMARTS) is 1. The third-order valence-electron chi connectivity index (χ3n) is 2.87. The molecule has 1 atom stereocenters. The standard InChI is InChI=1S/C13H15F2NO2S/c14-8-1-4-10(15)12(7-8)19-6-5-11(13(17)18)16-9-2-3-9/h1,4,7,9,11,16H,2-3,5-6H2,(H,17,18). The van der Waals surface area contributed by atoms with Crippen molar-refractivity contribution < 1.29 is 18.7 Å². The largest absolute Gasteiger partial charge is 0.480 e. The Balaban J connectivity index is 1.83. The van der Waals surface area contributed by atoms with Gasteiger partial charge in [0.15, 0.2) is 0 Å². The first-order chi connectivity index (χ1) is 9.06. The van der Waals surface area contributed by atoms with Gasteiger partial charge in [0.25, 0.3) is 0 Å². The van der Waals surface area contributed by atoms with Gasteiger partial charge in [0, 0.05) is 16.7 Å².